The maximum Gasteiger partial charge on any atom is 0.270 e. The second-order valence-corrected chi connectivity index (χ2v) is 25.0. The van der Waals surface area contributed by atoms with Crippen molar-refractivity contribution >= 4 is 11.4 Å². The summed E-state index contributed by atoms with van der Waals surface area (Å²) in [4.78, 5) is 25.1. The molecule has 78 heavy (non-hydrogen) atoms. The molecule has 0 aromatic heterocycles. The van der Waals surface area contributed by atoms with E-state index < -0.39 is 9.85 Å². The number of nitro benzene ring substituents is 2. The Kier molecular flexibility index (Phi) is 17.1. The highest BCUT2D eigenvalue weighted by Crippen LogP contribution is 2.45. The monoisotopic (exact) mass is 1060 g/mol. The number of ether oxygens (including phenoxy) is 4. The van der Waals surface area contributed by atoms with Crippen LogP contribution in [0.3, 0.4) is 0 Å². The average molecular weight is 1060 g/mol. The molecule has 1 aliphatic carbocycles. The van der Waals surface area contributed by atoms with E-state index in [0.29, 0.717) is 84.5 Å². The Morgan fingerprint density at radius 3 is 0.654 bits per heavy atom. The van der Waals surface area contributed by atoms with Crippen LogP contribution in [0.1, 0.15) is 200 Å². The van der Waals surface area contributed by atoms with Crippen LogP contribution in [0.15, 0.2) is 72.8 Å². The molecule has 12 nitrogen and oxygen atoms in total. The molecule has 6 aromatic carbocycles. The third kappa shape index (κ3) is 12.9. The minimum Gasteiger partial charge on any atom is -0.507 e. The van der Waals surface area contributed by atoms with Gasteiger partial charge in [-0.15, -0.1) is 0 Å². The molecule has 0 fully saturated rings. The fraction of sp³-hybridized carbons (Fsp3) is 0.455. The molecule has 0 radical (unpaired) electrons. The van der Waals surface area contributed by atoms with Gasteiger partial charge in [-0.2, -0.15) is 0 Å². The second-order valence-electron chi connectivity index (χ2n) is 25.0. The molecule has 416 valence electrons. The van der Waals surface area contributed by atoms with Crippen LogP contribution >= 0.6 is 0 Å². The normalized spacial score (nSPS) is 13.3. The molecule has 0 saturated heterocycles. The van der Waals surface area contributed by atoms with Crippen LogP contribution < -0.4 is 18.9 Å². The van der Waals surface area contributed by atoms with Crippen molar-refractivity contribution in [1.82, 2.24) is 0 Å². The molecule has 12 heteroatoms. The van der Waals surface area contributed by atoms with Gasteiger partial charge in [0.1, 0.15) is 34.5 Å². The van der Waals surface area contributed by atoms with Gasteiger partial charge in [0.05, 0.1) is 36.3 Å². The van der Waals surface area contributed by atoms with Crippen LogP contribution in [0.4, 0.5) is 11.4 Å². The first-order chi connectivity index (χ1) is 36.4. The number of phenolic OH excluding ortho intramolecular Hbond substituents is 2. The zero-order chi connectivity index (χ0) is 57.4. The molecule has 0 atom stereocenters. The fourth-order valence-corrected chi connectivity index (χ4v) is 10.6. The average Bonchev–Trinajstić information content (AvgIpc) is 3.36. The topological polar surface area (TPSA) is 164 Å². The van der Waals surface area contributed by atoms with E-state index in [9.17, 15) is 30.4 Å². The van der Waals surface area contributed by atoms with Crippen molar-refractivity contribution in [2.24, 2.45) is 0 Å². The summed E-state index contributed by atoms with van der Waals surface area (Å²) in [5, 5.41) is 51.1. The van der Waals surface area contributed by atoms with Crippen molar-refractivity contribution in [2.45, 2.75) is 171 Å². The summed E-state index contributed by atoms with van der Waals surface area (Å²) in [5.74, 6) is 2.32. The number of phenols is 2. The van der Waals surface area contributed by atoms with Gasteiger partial charge in [-0.3, -0.25) is 20.2 Å². The second kappa shape index (κ2) is 22.7. The third-order valence-electron chi connectivity index (χ3n) is 14.8. The van der Waals surface area contributed by atoms with Crippen molar-refractivity contribution in [3.05, 3.63) is 182 Å². The van der Waals surface area contributed by atoms with Gasteiger partial charge in [0, 0.05) is 85.0 Å². The smallest absolute Gasteiger partial charge is 0.270 e. The van der Waals surface area contributed by atoms with Crippen LogP contribution in [-0.4, -0.2) is 46.5 Å². The summed E-state index contributed by atoms with van der Waals surface area (Å²) in [6.07, 6.45) is 1.15. The number of nitrogens with zero attached hydrogens (tertiary/aromatic N) is 2. The first-order valence-electron chi connectivity index (χ1n) is 27.6. The summed E-state index contributed by atoms with van der Waals surface area (Å²) >= 11 is 0. The Bertz CT molecular complexity index is 2840. The Morgan fingerprint density at radius 1 is 0.346 bits per heavy atom. The summed E-state index contributed by atoms with van der Waals surface area (Å²) in [7, 11) is 0. The molecule has 12 bridgehead atoms. The number of hydrogen-bond acceptors (Lipinski definition) is 10. The van der Waals surface area contributed by atoms with Crippen LogP contribution in [0.2, 0.25) is 0 Å². The van der Waals surface area contributed by atoms with Crippen LogP contribution in [0.5, 0.6) is 34.5 Å². The molecular weight excluding hydrogens is 981 g/mol. The van der Waals surface area contributed by atoms with E-state index in [1.54, 1.807) is 0 Å². The molecule has 2 N–H and O–H groups in total. The minimum absolute atomic E-state index is 0.0422. The summed E-state index contributed by atoms with van der Waals surface area (Å²) in [5.41, 5.74) is 10.3. The molecule has 6 aromatic rings. The van der Waals surface area contributed by atoms with E-state index in [4.69, 9.17) is 18.9 Å². The van der Waals surface area contributed by atoms with Gasteiger partial charge in [-0.05, 0) is 116 Å². The van der Waals surface area contributed by atoms with E-state index >= 15 is 0 Å². The van der Waals surface area contributed by atoms with Crippen LogP contribution in [0, 0.1) is 20.2 Å². The van der Waals surface area contributed by atoms with Gasteiger partial charge in [0.25, 0.3) is 11.4 Å². The van der Waals surface area contributed by atoms with Gasteiger partial charge in [-0.25, -0.2) is 0 Å². The molecule has 1 aliphatic rings. The van der Waals surface area contributed by atoms with Crippen LogP contribution in [0.25, 0.3) is 0 Å². The van der Waals surface area contributed by atoms with Gasteiger partial charge in [0.15, 0.2) is 0 Å². The summed E-state index contributed by atoms with van der Waals surface area (Å²) in [6, 6.07) is 22.8. The number of benzene rings is 6. The maximum absolute atomic E-state index is 13.0. The lowest BCUT2D eigenvalue weighted by Gasteiger charge is -2.27. The van der Waals surface area contributed by atoms with E-state index in [0.717, 1.165) is 66.8 Å². The number of aromatic hydroxyl groups is 2. The lowest BCUT2D eigenvalue weighted by Crippen LogP contribution is -2.16. The zero-order valence-electron chi connectivity index (χ0n) is 49.1. The predicted molar refractivity (Wildman–Crippen MR) is 312 cm³/mol. The zero-order valence-corrected chi connectivity index (χ0v) is 49.1. The lowest BCUT2D eigenvalue weighted by molar-refractivity contribution is -0.385. The quantitative estimate of drug-likeness (QED) is 0.0995. The number of nitro groups is 2. The molecule has 0 aliphatic heterocycles. The van der Waals surface area contributed by atoms with Crippen molar-refractivity contribution < 1.29 is 39.0 Å². The first kappa shape index (κ1) is 58.6. The largest absolute Gasteiger partial charge is 0.507 e. The minimum atomic E-state index is -0.402. The number of fused-ring (bicyclic) bond motifs is 12. The van der Waals surface area contributed by atoms with Gasteiger partial charge < -0.3 is 29.2 Å². The standard InChI is InChI=1S/C66H82N2O10/c1-17-75-59-43-21-39-35-55(67(71)72)36-40(57(39)69)22-45-29-53(65(11,12)13)33-49(61(45)77-19-3)26-50-34-54(66(14,15)16)30-46(62(50)78-20-4)24-42-38-56(68(73)74)37-41(58(42)70)23-44-28-52(64(8,9)10)32-48(60(44)76-18-2)25-47(59)31-51(27-43)63(5,6)7/h27-38,69-70H,17-26H2,1-16H3. The van der Waals surface area contributed by atoms with Crippen molar-refractivity contribution in [2.75, 3.05) is 26.4 Å². The molecule has 0 spiro atoms. The molecule has 7 rings (SSSR count). The number of rotatable bonds is 10. The fourth-order valence-electron chi connectivity index (χ4n) is 10.6. The molecule has 0 amide bonds. The van der Waals surface area contributed by atoms with Crippen LogP contribution in [-0.2, 0) is 60.2 Å². The first-order valence-corrected chi connectivity index (χ1v) is 27.6. The Morgan fingerprint density at radius 2 is 0.513 bits per heavy atom. The van der Waals surface area contributed by atoms with E-state index in [1.807, 2.05) is 27.7 Å². The van der Waals surface area contributed by atoms with E-state index in [2.05, 4.69) is 132 Å². The maximum atomic E-state index is 13.0. The van der Waals surface area contributed by atoms with Crippen molar-refractivity contribution in [3.8, 4) is 34.5 Å². The van der Waals surface area contributed by atoms with Gasteiger partial charge in [0.2, 0.25) is 0 Å². The van der Waals surface area contributed by atoms with Gasteiger partial charge in [-0.1, -0.05) is 132 Å². The Labute approximate surface area is 462 Å². The Hall–Kier alpha value is -7.08. The lowest BCUT2D eigenvalue weighted by atomic mass is 9.80. The summed E-state index contributed by atoms with van der Waals surface area (Å²) < 4.78 is 26.6. The van der Waals surface area contributed by atoms with E-state index in [1.165, 1.54) is 24.3 Å². The molecule has 0 heterocycles. The number of hydrogen-bond donors (Lipinski definition) is 2. The predicted octanol–water partition coefficient (Wildman–Crippen LogP) is 15.6. The van der Waals surface area contributed by atoms with E-state index in [-0.39, 0.29) is 70.2 Å². The highest BCUT2D eigenvalue weighted by atomic mass is 16.6. The third-order valence-corrected chi connectivity index (χ3v) is 14.8. The molecule has 0 unspecified atom stereocenters. The highest BCUT2D eigenvalue weighted by Gasteiger charge is 2.30. The van der Waals surface area contributed by atoms with Crippen molar-refractivity contribution in [1.29, 1.82) is 0 Å². The Balaban J connectivity index is 1.65. The highest BCUT2D eigenvalue weighted by molar-refractivity contribution is 5.62. The number of non-ortho nitro benzene ring substituents is 2. The summed E-state index contributed by atoms with van der Waals surface area (Å²) in [6.45, 7) is 34.6. The SMILES string of the molecule is CCOc1c2cc(C(C)(C)C)cc1Cc1cc(C(C)(C)C)cc(c1OCC)Cc1cc([N+](=O)[O-])cc(c1O)Cc1cc(C(C)(C)C)cc(c1OCC)Cc1cc(C(C)(C)C)cc(c1OCC)Cc1cc([N+](=O)[O-])cc(c1O)C2. The molecule has 0 saturated carbocycles. The van der Waals surface area contributed by atoms with Gasteiger partial charge >= 0.3 is 0 Å². The molecular formula is C66H82N2O10. The van der Waals surface area contributed by atoms with Crippen molar-refractivity contribution in [3.63, 3.8) is 0 Å².